The van der Waals surface area contributed by atoms with Crippen molar-refractivity contribution in [3.63, 3.8) is 0 Å². The monoisotopic (exact) mass is 285 g/mol. The zero-order valence-electron chi connectivity index (χ0n) is 11.6. The Hall–Kier alpha value is -1.82. The van der Waals surface area contributed by atoms with Crippen LogP contribution in [-0.4, -0.2) is 33.3 Å². The van der Waals surface area contributed by atoms with E-state index in [9.17, 15) is 0 Å². The van der Waals surface area contributed by atoms with E-state index >= 15 is 0 Å². The Bertz CT molecular complexity index is 804. The second kappa shape index (κ2) is 4.34. The lowest BCUT2D eigenvalue weighted by atomic mass is 10.1. The van der Waals surface area contributed by atoms with Gasteiger partial charge in [-0.3, -0.25) is 0 Å². The molecule has 1 aliphatic rings. The molecular formula is C14H15N5S. The van der Waals surface area contributed by atoms with Crippen molar-refractivity contribution < 1.29 is 0 Å². The minimum absolute atomic E-state index is 0.962. The Morgan fingerprint density at radius 2 is 1.90 bits per heavy atom. The summed E-state index contributed by atoms with van der Waals surface area (Å²) in [5.74, 6) is 1.06. The molecule has 0 spiro atoms. The quantitative estimate of drug-likeness (QED) is 0.688. The van der Waals surface area contributed by atoms with Crippen molar-refractivity contribution >= 4 is 37.6 Å². The van der Waals surface area contributed by atoms with Crippen LogP contribution >= 0.6 is 11.3 Å². The van der Waals surface area contributed by atoms with Gasteiger partial charge < -0.3 is 4.90 Å². The highest BCUT2D eigenvalue weighted by Gasteiger charge is 2.20. The van der Waals surface area contributed by atoms with Crippen molar-refractivity contribution in [3.8, 4) is 0 Å². The van der Waals surface area contributed by atoms with Crippen LogP contribution in [-0.2, 0) is 0 Å². The van der Waals surface area contributed by atoms with Crippen LogP contribution in [0.4, 0.5) is 5.82 Å². The van der Waals surface area contributed by atoms with Gasteiger partial charge in [0.2, 0.25) is 0 Å². The molecule has 0 aromatic carbocycles. The maximum Gasteiger partial charge on any atom is 0.150 e. The second-order valence-electron chi connectivity index (χ2n) is 5.26. The lowest BCUT2D eigenvalue weighted by Crippen LogP contribution is -2.18. The van der Waals surface area contributed by atoms with Crippen LogP contribution in [0.15, 0.2) is 6.33 Å². The summed E-state index contributed by atoms with van der Waals surface area (Å²) in [5.41, 5.74) is 3.17. The van der Waals surface area contributed by atoms with Gasteiger partial charge in [-0.2, -0.15) is 5.10 Å². The molecular weight excluding hydrogens is 270 g/mol. The minimum atomic E-state index is 0.962. The van der Waals surface area contributed by atoms with E-state index in [0.29, 0.717) is 0 Å². The van der Waals surface area contributed by atoms with Crippen molar-refractivity contribution in [3.05, 3.63) is 17.6 Å². The van der Waals surface area contributed by atoms with Crippen LogP contribution in [0, 0.1) is 13.8 Å². The zero-order chi connectivity index (χ0) is 13.7. The molecule has 0 unspecified atom stereocenters. The molecule has 4 heterocycles. The van der Waals surface area contributed by atoms with Gasteiger partial charge in [0.1, 0.15) is 17.0 Å². The third kappa shape index (κ3) is 1.61. The molecule has 6 heteroatoms. The smallest absolute Gasteiger partial charge is 0.150 e. The predicted molar refractivity (Wildman–Crippen MR) is 81.4 cm³/mol. The van der Waals surface area contributed by atoms with Gasteiger partial charge in [0.05, 0.1) is 15.9 Å². The third-order valence-electron chi connectivity index (χ3n) is 4.05. The summed E-state index contributed by atoms with van der Waals surface area (Å²) < 4.78 is 1.15. The van der Waals surface area contributed by atoms with E-state index in [4.69, 9.17) is 0 Å². The normalized spacial score (nSPS) is 15.6. The van der Waals surface area contributed by atoms with E-state index in [1.165, 1.54) is 18.4 Å². The first-order valence-electron chi connectivity index (χ1n) is 6.88. The number of anilines is 1. The fourth-order valence-electron chi connectivity index (χ4n) is 2.82. The summed E-state index contributed by atoms with van der Waals surface area (Å²) in [4.78, 5) is 12.3. The number of nitrogens with zero attached hydrogens (tertiary/aromatic N) is 5. The fraction of sp³-hybridized carbons (Fsp3) is 0.429. The molecule has 3 aromatic rings. The molecule has 20 heavy (non-hydrogen) atoms. The summed E-state index contributed by atoms with van der Waals surface area (Å²) in [6.07, 6.45) is 4.17. The van der Waals surface area contributed by atoms with Gasteiger partial charge in [-0.25, -0.2) is 9.97 Å². The average Bonchev–Trinajstić information content (AvgIpc) is 3.09. The number of hydrogen-bond acceptors (Lipinski definition) is 6. The minimum Gasteiger partial charge on any atom is -0.355 e. The first kappa shape index (κ1) is 12.0. The van der Waals surface area contributed by atoms with Gasteiger partial charge in [0, 0.05) is 18.5 Å². The third-order valence-corrected chi connectivity index (χ3v) is 5.11. The van der Waals surface area contributed by atoms with E-state index in [-0.39, 0.29) is 0 Å². The summed E-state index contributed by atoms with van der Waals surface area (Å²) in [7, 11) is 0. The fourth-order valence-corrected chi connectivity index (χ4v) is 3.98. The number of rotatable bonds is 1. The molecule has 1 fully saturated rings. The van der Waals surface area contributed by atoms with E-state index < -0.39 is 0 Å². The summed E-state index contributed by atoms with van der Waals surface area (Å²) in [5, 5.41) is 9.70. The highest BCUT2D eigenvalue weighted by atomic mass is 32.1. The molecule has 0 bridgehead atoms. The molecule has 0 atom stereocenters. The molecule has 5 nitrogen and oxygen atoms in total. The van der Waals surface area contributed by atoms with Crippen molar-refractivity contribution in [2.24, 2.45) is 0 Å². The number of thiophene rings is 1. The first-order chi connectivity index (χ1) is 9.75. The van der Waals surface area contributed by atoms with Crippen molar-refractivity contribution in [2.45, 2.75) is 26.7 Å². The largest absolute Gasteiger partial charge is 0.355 e. The first-order valence-corrected chi connectivity index (χ1v) is 7.69. The van der Waals surface area contributed by atoms with E-state index in [2.05, 4.69) is 32.0 Å². The van der Waals surface area contributed by atoms with Crippen LogP contribution in [0.1, 0.15) is 24.1 Å². The molecule has 4 rings (SSSR count). The molecule has 1 aliphatic heterocycles. The Morgan fingerprint density at radius 3 is 2.70 bits per heavy atom. The second-order valence-corrected chi connectivity index (χ2v) is 6.26. The Morgan fingerprint density at radius 1 is 1.10 bits per heavy atom. The van der Waals surface area contributed by atoms with Crippen molar-refractivity contribution in [1.29, 1.82) is 0 Å². The SMILES string of the molecule is Cc1nnc2sc3c(N4CCCC4)ncnc3c2c1C. The average molecular weight is 285 g/mol. The van der Waals surface area contributed by atoms with Gasteiger partial charge in [-0.1, -0.05) is 0 Å². The molecule has 0 amide bonds. The number of aromatic nitrogens is 4. The molecule has 0 N–H and O–H groups in total. The lowest BCUT2D eigenvalue weighted by molar-refractivity contribution is 0.941. The number of fused-ring (bicyclic) bond motifs is 3. The van der Waals surface area contributed by atoms with Crippen LogP contribution in [0.2, 0.25) is 0 Å². The lowest BCUT2D eigenvalue weighted by Gasteiger charge is -2.16. The highest BCUT2D eigenvalue weighted by molar-refractivity contribution is 7.26. The molecule has 1 saturated heterocycles. The Labute approximate surface area is 120 Å². The standard InChI is InChI=1S/C14H15N5S/c1-8-9(2)17-18-14-10(8)11-12(20-14)13(16-7-15-11)19-5-3-4-6-19/h7H,3-6H2,1-2H3. The van der Waals surface area contributed by atoms with Gasteiger partial charge in [0.25, 0.3) is 0 Å². The summed E-state index contributed by atoms with van der Waals surface area (Å²) in [6, 6.07) is 0. The topological polar surface area (TPSA) is 54.8 Å². The Balaban J connectivity index is 2.06. The van der Waals surface area contributed by atoms with Crippen molar-refractivity contribution in [1.82, 2.24) is 20.2 Å². The van der Waals surface area contributed by atoms with Crippen molar-refractivity contribution in [2.75, 3.05) is 18.0 Å². The van der Waals surface area contributed by atoms with E-state index in [1.807, 2.05) is 6.92 Å². The maximum atomic E-state index is 4.51. The van der Waals surface area contributed by atoms with Crippen LogP contribution in [0.25, 0.3) is 20.4 Å². The Kier molecular flexibility index (Phi) is 2.60. The number of hydrogen-bond donors (Lipinski definition) is 0. The molecule has 0 radical (unpaired) electrons. The molecule has 0 saturated carbocycles. The molecule has 102 valence electrons. The van der Waals surface area contributed by atoms with Gasteiger partial charge in [-0.15, -0.1) is 16.4 Å². The van der Waals surface area contributed by atoms with Crippen LogP contribution in [0.3, 0.4) is 0 Å². The van der Waals surface area contributed by atoms with Crippen LogP contribution in [0.5, 0.6) is 0 Å². The van der Waals surface area contributed by atoms with Crippen LogP contribution < -0.4 is 4.90 Å². The zero-order valence-corrected chi connectivity index (χ0v) is 12.4. The van der Waals surface area contributed by atoms with Gasteiger partial charge in [-0.05, 0) is 32.3 Å². The van der Waals surface area contributed by atoms with E-state index in [1.54, 1.807) is 17.7 Å². The summed E-state index contributed by atoms with van der Waals surface area (Å²) >= 11 is 1.66. The molecule has 3 aromatic heterocycles. The molecule has 0 aliphatic carbocycles. The van der Waals surface area contributed by atoms with E-state index in [0.717, 1.165) is 45.0 Å². The maximum absolute atomic E-state index is 4.51. The highest BCUT2D eigenvalue weighted by Crippen LogP contribution is 2.38. The van der Waals surface area contributed by atoms with Gasteiger partial charge in [0.15, 0.2) is 0 Å². The van der Waals surface area contributed by atoms with Gasteiger partial charge >= 0.3 is 0 Å². The summed E-state index contributed by atoms with van der Waals surface area (Å²) in [6.45, 7) is 6.26. The number of aryl methyl sites for hydroxylation is 2. The predicted octanol–water partition coefficient (Wildman–Crippen LogP) is 2.85.